The van der Waals surface area contributed by atoms with Crippen molar-refractivity contribution >= 4 is 11.7 Å². The molecule has 1 atom stereocenters. The van der Waals surface area contributed by atoms with Gasteiger partial charge in [0.05, 0.1) is 0 Å². The van der Waals surface area contributed by atoms with E-state index in [0.29, 0.717) is 12.6 Å². The van der Waals surface area contributed by atoms with Crippen LogP contribution in [0.1, 0.15) is 20.3 Å². The maximum absolute atomic E-state index is 12.3. The van der Waals surface area contributed by atoms with Gasteiger partial charge in [0.15, 0.2) is 5.84 Å². The molecule has 1 aliphatic rings. The Balaban J connectivity index is 2.73. The van der Waals surface area contributed by atoms with Gasteiger partial charge in [0.25, 0.3) is 0 Å². The second kappa shape index (κ2) is 4.91. The number of likely N-dealkylation sites (tertiary alicyclic amines) is 1. The van der Waals surface area contributed by atoms with Gasteiger partial charge >= 0.3 is 0 Å². The lowest BCUT2D eigenvalue weighted by Gasteiger charge is -2.28. The van der Waals surface area contributed by atoms with Crippen molar-refractivity contribution in [2.24, 2.45) is 16.3 Å². The smallest absolute Gasteiger partial charge is 0.236 e. The summed E-state index contributed by atoms with van der Waals surface area (Å²) in [5.74, 6) is -0.132. The Morgan fingerprint density at radius 3 is 2.53 bits per heavy atom. The quantitative estimate of drug-likeness (QED) is 0.314. The lowest BCUT2D eigenvalue weighted by Crippen LogP contribution is -2.48. The van der Waals surface area contributed by atoms with Gasteiger partial charge in [-0.25, -0.2) is 0 Å². The van der Waals surface area contributed by atoms with Crippen LogP contribution in [0.5, 0.6) is 0 Å². The Bertz CT molecular complexity index is 325. The third-order valence-corrected chi connectivity index (χ3v) is 3.46. The number of amides is 1. The molecule has 1 heterocycles. The molecule has 0 spiro atoms. The van der Waals surface area contributed by atoms with Crippen LogP contribution in [0.3, 0.4) is 0 Å². The van der Waals surface area contributed by atoms with E-state index in [4.69, 9.17) is 10.9 Å². The maximum atomic E-state index is 12.3. The molecule has 1 unspecified atom stereocenters. The standard InChI is InChI=1S/C11H22N4O2/c1-11(2,9(12)13-17)10(16)15-6-5-8(7-15)14(3)4/h8,17H,5-7H2,1-4H3,(H2,12,13). The normalized spacial score (nSPS) is 22.3. The molecule has 3 N–H and O–H groups in total. The van der Waals surface area contributed by atoms with Crippen LogP contribution in [0.25, 0.3) is 0 Å². The number of hydrogen-bond acceptors (Lipinski definition) is 4. The summed E-state index contributed by atoms with van der Waals surface area (Å²) in [4.78, 5) is 16.2. The van der Waals surface area contributed by atoms with Gasteiger partial charge < -0.3 is 20.7 Å². The first-order valence-corrected chi connectivity index (χ1v) is 5.74. The molecule has 17 heavy (non-hydrogen) atoms. The third kappa shape index (κ3) is 2.69. The minimum atomic E-state index is -0.948. The molecule has 6 heteroatoms. The molecule has 0 aliphatic carbocycles. The third-order valence-electron chi connectivity index (χ3n) is 3.46. The topological polar surface area (TPSA) is 82.2 Å². The van der Waals surface area contributed by atoms with Crippen LogP contribution in [0.2, 0.25) is 0 Å². The Hall–Kier alpha value is -1.30. The van der Waals surface area contributed by atoms with Crippen LogP contribution in [0, 0.1) is 5.41 Å². The number of carbonyl (C=O) groups excluding carboxylic acids is 1. The highest BCUT2D eigenvalue weighted by Crippen LogP contribution is 2.23. The van der Waals surface area contributed by atoms with Crippen LogP contribution in [-0.2, 0) is 4.79 Å². The Kier molecular flexibility index (Phi) is 3.98. The number of nitrogens with two attached hydrogens (primary N) is 1. The number of oxime groups is 1. The zero-order valence-electron chi connectivity index (χ0n) is 11.0. The average Bonchev–Trinajstić information content (AvgIpc) is 2.75. The molecule has 0 aromatic rings. The largest absolute Gasteiger partial charge is 0.409 e. The molecule has 0 bridgehead atoms. The van der Waals surface area contributed by atoms with Crippen molar-refractivity contribution < 1.29 is 10.0 Å². The van der Waals surface area contributed by atoms with E-state index in [9.17, 15) is 4.79 Å². The summed E-state index contributed by atoms with van der Waals surface area (Å²) in [6, 6.07) is 0.391. The molecule has 1 aliphatic heterocycles. The van der Waals surface area contributed by atoms with Crippen molar-refractivity contribution in [1.82, 2.24) is 9.80 Å². The van der Waals surface area contributed by atoms with Gasteiger partial charge in [0, 0.05) is 19.1 Å². The lowest BCUT2D eigenvalue weighted by molar-refractivity contribution is -0.136. The van der Waals surface area contributed by atoms with Gasteiger partial charge in [-0.3, -0.25) is 4.79 Å². The molecule has 0 saturated carbocycles. The van der Waals surface area contributed by atoms with Gasteiger partial charge in [0.1, 0.15) is 5.41 Å². The zero-order valence-corrected chi connectivity index (χ0v) is 11.0. The van der Waals surface area contributed by atoms with Gasteiger partial charge in [-0.2, -0.15) is 0 Å². The summed E-state index contributed by atoms with van der Waals surface area (Å²) < 4.78 is 0. The van der Waals surface area contributed by atoms with Gasteiger partial charge in [-0.1, -0.05) is 5.16 Å². The van der Waals surface area contributed by atoms with Crippen molar-refractivity contribution in [2.75, 3.05) is 27.2 Å². The second-order valence-corrected chi connectivity index (χ2v) is 5.27. The SMILES string of the molecule is CN(C)C1CCN(C(=O)C(C)(C)C(N)=NO)C1. The Labute approximate surface area is 102 Å². The van der Waals surface area contributed by atoms with Crippen LogP contribution < -0.4 is 5.73 Å². The number of rotatable bonds is 3. The summed E-state index contributed by atoms with van der Waals surface area (Å²) >= 11 is 0. The van der Waals surface area contributed by atoms with E-state index in [-0.39, 0.29) is 11.7 Å². The second-order valence-electron chi connectivity index (χ2n) is 5.27. The predicted molar refractivity (Wildman–Crippen MR) is 65.9 cm³/mol. The molecule has 0 radical (unpaired) electrons. The van der Waals surface area contributed by atoms with E-state index in [1.807, 2.05) is 14.1 Å². The van der Waals surface area contributed by atoms with E-state index in [2.05, 4.69) is 10.1 Å². The summed E-state index contributed by atoms with van der Waals surface area (Å²) in [5, 5.41) is 11.6. The van der Waals surface area contributed by atoms with Crippen LogP contribution in [-0.4, -0.2) is 60.0 Å². The number of nitrogens with zero attached hydrogens (tertiary/aromatic N) is 3. The number of hydrogen-bond donors (Lipinski definition) is 2. The molecule has 98 valence electrons. The maximum Gasteiger partial charge on any atom is 0.236 e. The summed E-state index contributed by atoms with van der Waals surface area (Å²) in [6.07, 6.45) is 0.963. The first-order valence-electron chi connectivity index (χ1n) is 5.74. The van der Waals surface area contributed by atoms with Gasteiger partial charge in [-0.05, 0) is 34.4 Å². The first-order chi connectivity index (χ1) is 7.80. The average molecular weight is 242 g/mol. The number of carbonyl (C=O) groups is 1. The molecule has 0 aromatic carbocycles. The lowest BCUT2D eigenvalue weighted by atomic mass is 9.90. The van der Waals surface area contributed by atoms with Crippen molar-refractivity contribution in [1.29, 1.82) is 0 Å². The summed E-state index contributed by atoms with van der Waals surface area (Å²) in [7, 11) is 4.01. The van der Waals surface area contributed by atoms with Crippen LogP contribution in [0.15, 0.2) is 5.16 Å². The van der Waals surface area contributed by atoms with Gasteiger partial charge in [0.2, 0.25) is 5.91 Å². The molecule has 1 saturated heterocycles. The van der Waals surface area contributed by atoms with E-state index in [1.165, 1.54) is 0 Å². The van der Waals surface area contributed by atoms with E-state index >= 15 is 0 Å². The van der Waals surface area contributed by atoms with Gasteiger partial charge in [-0.15, -0.1) is 0 Å². The van der Waals surface area contributed by atoms with Crippen molar-refractivity contribution in [3.63, 3.8) is 0 Å². The minimum absolute atomic E-state index is 0.0456. The fraction of sp³-hybridized carbons (Fsp3) is 0.818. The highest BCUT2D eigenvalue weighted by atomic mass is 16.4. The Morgan fingerprint density at radius 2 is 2.12 bits per heavy atom. The summed E-state index contributed by atoms with van der Waals surface area (Å²) in [5.41, 5.74) is 4.61. The van der Waals surface area contributed by atoms with Crippen molar-refractivity contribution in [3.8, 4) is 0 Å². The Morgan fingerprint density at radius 1 is 1.53 bits per heavy atom. The van der Waals surface area contributed by atoms with E-state index in [0.717, 1.165) is 13.0 Å². The highest BCUT2D eigenvalue weighted by molar-refractivity contribution is 6.05. The molecular weight excluding hydrogens is 220 g/mol. The monoisotopic (exact) mass is 242 g/mol. The molecular formula is C11H22N4O2. The molecule has 1 fully saturated rings. The zero-order chi connectivity index (χ0) is 13.2. The first kappa shape index (κ1) is 13.8. The van der Waals surface area contributed by atoms with E-state index < -0.39 is 5.41 Å². The molecule has 1 rings (SSSR count). The van der Waals surface area contributed by atoms with Crippen molar-refractivity contribution in [3.05, 3.63) is 0 Å². The van der Waals surface area contributed by atoms with Crippen LogP contribution in [0.4, 0.5) is 0 Å². The number of amidine groups is 1. The fourth-order valence-electron chi connectivity index (χ4n) is 1.98. The minimum Gasteiger partial charge on any atom is -0.409 e. The highest BCUT2D eigenvalue weighted by Gasteiger charge is 2.39. The molecule has 6 nitrogen and oxygen atoms in total. The molecule has 1 amide bonds. The summed E-state index contributed by atoms with van der Waals surface area (Å²) in [6.45, 7) is 4.78. The van der Waals surface area contributed by atoms with Crippen LogP contribution >= 0.6 is 0 Å². The predicted octanol–water partition coefficient (Wildman–Crippen LogP) is -0.0785. The fourth-order valence-corrected chi connectivity index (χ4v) is 1.98. The molecule has 0 aromatic heterocycles. The van der Waals surface area contributed by atoms with Crippen molar-refractivity contribution in [2.45, 2.75) is 26.3 Å². The van der Waals surface area contributed by atoms with E-state index in [1.54, 1.807) is 18.7 Å². The number of likely N-dealkylation sites (N-methyl/N-ethyl adjacent to an activating group) is 1.